The Labute approximate surface area is 93.5 Å². The summed E-state index contributed by atoms with van der Waals surface area (Å²) >= 11 is 0. The number of fused-ring (bicyclic) bond motifs is 1. The second-order valence-corrected chi connectivity index (χ2v) is 4.38. The zero-order valence-electron chi connectivity index (χ0n) is 9.03. The van der Waals surface area contributed by atoms with E-state index in [0.29, 0.717) is 11.7 Å². The minimum atomic E-state index is 0.103. The highest BCUT2D eigenvalue weighted by molar-refractivity contribution is 5.94. The predicted octanol–water partition coefficient (Wildman–Crippen LogP) is 2.01. The Morgan fingerprint density at radius 3 is 2.88 bits per heavy atom. The maximum Gasteiger partial charge on any atom is 0.231 e. The number of hydrogen-bond donors (Lipinski definition) is 1. The zero-order chi connectivity index (χ0) is 11.1. The average Bonchev–Trinajstić information content (AvgIpc) is 2.83. The van der Waals surface area contributed by atoms with Crippen LogP contribution in [-0.4, -0.2) is 12.7 Å². The molecule has 4 nitrogen and oxygen atoms in total. The molecule has 1 aromatic rings. The van der Waals surface area contributed by atoms with Crippen molar-refractivity contribution in [2.24, 2.45) is 11.8 Å². The smallest absolute Gasteiger partial charge is 0.231 e. The van der Waals surface area contributed by atoms with Crippen molar-refractivity contribution in [3.8, 4) is 11.5 Å². The fourth-order valence-electron chi connectivity index (χ4n) is 1.90. The molecule has 0 radical (unpaired) electrons. The monoisotopic (exact) mass is 219 g/mol. The van der Waals surface area contributed by atoms with Crippen LogP contribution in [0.15, 0.2) is 18.2 Å². The summed E-state index contributed by atoms with van der Waals surface area (Å²) < 4.78 is 10.4. The molecule has 1 aliphatic carbocycles. The number of benzene rings is 1. The van der Waals surface area contributed by atoms with Crippen molar-refractivity contribution in [2.45, 2.75) is 13.3 Å². The van der Waals surface area contributed by atoms with Gasteiger partial charge in [-0.15, -0.1) is 0 Å². The molecule has 1 aliphatic heterocycles. The lowest BCUT2D eigenvalue weighted by Gasteiger charge is -2.05. The molecule has 1 amide bonds. The van der Waals surface area contributed by atoms with E-state index in [1.807, 2.05) is 12.1 Å². The van der Waals surface area contributed by atoms with Crippen molar-refractivity contribution in [1.29, 1.82) is 0 Å². The van der Waals surface area contributed by atoms with Crippen LogP contribution < -0.4 is 14.8 Å². The predicted molar refractivity (Wildman–Crippen MR) is 58.5 cm³/mol. The van der Waals surface area contributed by atoms with Crippen molar-refractivity contribution in [3.63, 3.8) is 0 Å². The van der Waals surface area contributed by atoms with E-state index in [0.717, 1.165) is 17.9 Å². The van der Waals surface area contributed by atoms with Crippen LogP contribution in [-0.2, 0) is 4.79 Å². The lowest BCUT2D eigenvalue weighted by atomic mass is 10.2. The highest BCUT2D eigenvalue weighted by Gasteiger charge is 2.39. The summed E-state index contributed by atoms with van der Waals surface area (Å²) in [6, 6.07) is 5.44. The molecule has 2 aliphatic rings. The number of anilines is 1. The van der Waals surface area contributed by atoms with Crippen molar-refractivity contribution >= 4 is 11.6 Å². The maximum atomic E-state index is 11.7. The molecule has 3 rings (SSSR count). The quantitative estimate of drug-likeness (QED) is 0.827. The third-order valence-electron chi connectivity index (χ3n) is 3.09. The van der Waals surface area contributed by atoms with Gasteiger partial charge in [0.2, 0.25) is 12.7 Å². The topological polar surface area (TPSA) is 47.6 Å². The number of ether oxygens (including phenoxy) is 2. The Morgan fingerprint density at radius 1 is 1.38 bits per heavy atom. The van der Waals surface area contributed by atoms with Gasteiger partial charge >= 0.3 is 0 Å². The normalized spacial score (nSPS) is 25.3. The van der Waals surface area contributed by atoms with Crippen LogP contribution in [0.5, 0.6) is 11.5 Å². The molecule has 16 heavy (non-hydrogen) atoms. The van der Waals surface area contributed by atoms with Crippen molar-refractivity contribution < 1.29 is 14.3 Å². The molecule has 0 spiro atoms. The third-order valence-corrected chi connectivity index (χ3v) is 3.09. The molecule has 2 atom stereocenters. The Bertz CT molecular complexity index is 444. The van der Waals surface area contributed by atoms with Crippen LogP contribution in [0, 0.1) is 11.8 Å². The van der Waals surface area contributed by atoms with Gasteiger partial charge < -0.3 is 14.8 Å². The number of rotatable bonds is 2. The standard InChI is InChI=1S/C12H13NO3/c1-7-4-9(7)12(14)13-8-2-3-10-11(5-8)16-6-15-10/h2-3,5,7,9H,4,6H2,1H3,(H,13,14)/t7-,9-/m1/s1. The van der Waals surface area contributed by atoms with Gasteiger partial charge in [0, 0.05) is 17.7 Å². The Balaban J connectivity index is 1.73. The number of carbonyl (C=O) groups is 1. The second-order valence-electron chi connectivity index (χ2n) is 4.38. The summed E-state index contributed by atoms with van der Waals surface area (Å²) in [6.07, 6.45) is 0.996. The van der Waals surface area contributed by atoms with E-state index in [2.05, 4.69) is 12.2 Å². The molecular weight excluding hydrogens is 206 g/mol. The average molecular weight is 219 g/mol. The summed E-state index contributed by atoms with van der Waals surface area (Å²) in [7, 11) is 0. The Kier molecular flexibility index (Phi) is 2.02. The van der Waals surface area contributed by atoms with Crippen LogP contribution in [0.1, 0.15) is 13.3 Å². The van der Waals surface area contributed by atoms with E-state index >= 15 is 0 Å². The van der Waals surface area contributed by atoms with Gasteiger partial charge in [-0.2, -0.15) is 0 Å². The van der Waals surface area contributed by atoms with Crippen LogP contribution >= 0.6 is 0 Å². The lowest BCUT2D eigenvalue weighted by molar-refractivity contribution is -0.117. The molecule has 1 N–H and O–H groups in total. The number of amides is 1. The van der Waals surface area contributed by atoms with Gasteiger partial charge in [0.05, 0.1) is 0 Å². The van der Waals surface area contributed by atoms with Gasteiger partial charge in [0.15, 0.2) is 11.5 Å². The largest absolute Gasteiger partial charge is 0.454 e. The van der Waals surface area contributed by atoms with Crippen LogP contribution in [0.25, 0.3) is 0 Å². The van der Waals surface area contributed by atoms with Crippen molar-refractivity contribution in [2.75, 3.05) is 12.1 Å². The molecule has 0 aromatic heterocycles. The van der Waals surface area contributed by atoms with Crippen LogP contribution in [0.2, 0.25) is 0 Å². The molecule has 0 saturated heterocycles. The van der Waals surface area contributed by atoms with E-state index in [1.54, 1.807) is 6.07 Å². The molecule has 1 saturated carbocycles. The summed E-state index contributed by atoms with van der Waals surface area (Å²) in [4.78, 5) is 11.7. The SMILES string of the molecule is C[C@@H]1C[C@H]1C(=O)Nc1ccc2c(c1)OCO2. The third kappa shape index (κ3) is 1.60. The van der Waals surface area contributed by atoms with Crippen molar-refractivity contribution in [3.05, 3.63) is 18.2 Å². The van der Waals surface area contributed by atoms with E-state index in [4.69, 9.17) is 9.47 Å². The summed E-state index contributed by atoms with van der Waals surface area (Å²) in [6.45, 7) is 2.34. The van der Waals surface area contributed by atoms with E-state index in [-0.39, 0.29) is 18.6 Å². The lowest BCUT2D eigenvalue weighted by Crippen LogP contribution is -2.14. The summed E-state index contributed by atoms with van der Waals surface area (Å²) in [5.74, 6) is 2.24. The van der Waals surface area contributed by atoms with Crippen LogP contribution in [0.4, 0.5) is 5.69 Å². The first-order valence-corrected chi connectivity index (χ1v) is 5.44. The maximum absolute atomic E-state index is 11.7. The van der Waals surface area contributed by atoms with Gasteiger partial charge in [-0.25, -0.2) is 0 Å². The first-order valence-electron chi connectivity index (χ1n) is 5.44. The van der Waals surface area contributed by atoms with Crippen molar-refractivity contribution in [1.82, 2.24) is 0 Å². The summed E-state index contributed by atoms with van der Waals surface area (Å²) in [5, 5.41) is 2.89. The molecule has 4 heteroatoms. The van der Waals surface area contributed by atoms with E-state index in [1.165, 1.54) is 0 Å². The Hall–Kier alpha value is -1.71. The first-order chi connectivity index (χ1) is 7.74. The fourth-order valence-corrected chi connectivity index (χ4v) is 1.90. The minimum Gasteiger partial charge on any atom is -0.454 e. The van der Waals surface area contributed by atoms with E-state index < -0.39 is 0 Å². The van der Waals surface area contributed by atoms with Gasteiger partial charge in [-0.05, 0) is 24.5 Å². The molecular formula is C12H13NO3. The minimum absolute atomic E-state index is 0.103. The van der Waals surface area contributed by atoms with Gasteiger partial charge in [0.25, 0.3) is 0 Å². The highest BCUT2D eigenvalue weighted by atomic mass is 16.7. The highest BCUT2D eigenvalue weighted by Crippen LogP contribution is 2.39. The van der Waals surface area contributed by atoms with Crippen LogP contribution in [0.3, 0.4) is 0 Å². The summed E-state index contributed by atoms with van der Waals surface area (Å²) in [5.41, 5.74) is 0.772. The second kappa shape index (κ2) is 3.40. The first kappa shape index (κ1) is 9.51. The fraction of sp³-hybridized carbons (Fsp3) is 0.417. The Morgan fingerprint density at radius 2 is 2.12 bits per heavy atom. The molecule has 84 valence electrons. The molecule has 1 aromatic carbocycles. The van der Waals surface area contributed by atoms with Gasteiger partial charge in [-0.3, -0.25) is 4.79 Å². The zero-order valence-corrected chi connectivity index (χ0v) is 9.03. The molecule has 1 heterocycles. The molecule has 0 bridgehead atoms. The number of carbonyl (C=O) groups excluding carboxylic acids is 1. The van der Waals surface area contributed by atoms with Gasteiger partial charge in [-0.1, -0.05) is 6.92 Å². The molecule has 1 fully saturated rings. The van der Waals surface area contributed by atoms with Gasteiger partial charge in [0.1, 0.15) is 0 Å². The molecule has 0 unspecified atom stereocenters. The number of hydrogen-bond acceptors (Lipinski definition) is 3. The number of nitrogens with one attached hydrogen (secondary N) is 1. The van der Waals surface area contributed by atoms with E-state index in [9.17, 15) is 4.79 Å².